The van der Waals surface area contributed by atoms with Gasteiger partial charge in [0.2, 0.25) is 17.7 Å². The van der Waals surface area contributed by atoms with Crippen LogP contribution in [0, 0.1) is 0 Å². The van der Waals surface area contributed by atoms with Crippen molar-refractivity contribution in [2.24, 2.45) is 0 Å². The molecule has 0 saturated carbocycles. The largest absolute Gasteiger partial charge is 0.381 e. The van der Waals surface area contributed by atoms with Gasteiger partial charge in [0.15, 0.2) is 0 Å². The number of carbonyl (C=O) groups is 3. The third-order valence-electron chi connectivity index (χ3n) is 6.21. The number of rotatable bonds is 6. The Morgan fingerprint density at radius 2 is 1.85 bits per heavy atom. The molecule has 2 aliphatic heterocycles. The van der Waals surface area contributed by atoms with E-state index >= 15 is 0 Å². The molecule has 2 heterocycles. The van der Waals surface area contributed by atoms with Crippen molar-refractivity contribution in [1.82, 2.24) is 5.32 Å². The third-order valence-corrected chi connectivity index (χ3v) is 6.76. The predicted molar refractivity (Wildman–Crippen MR) is 128 cm³/mol. The molecule has 2 aromatic rings. The first-order chi connectivity index (χ1) is 15.9. The van der Waals surface area contributed by atoms with Crippen LogP contribution in [0.25, 0.3) is 0 Å². The maximum atomic E-state index is 12.8. The topological polar surface area (TPSA) is 87.7 Å². The number of hydrogen-bond donors (Lipinski definition) is 2. The Labute approximate surface area is 202 Å². The van der Waals surface area contributed by atoms with E-state index < -0.39 is 0 Å². The minimum Gasteiger partial charge on any atom is -0.381 e. The van der Waals surface area contributed by atoms with E-state index in [1.165, 1.54) is 4.90 Å². The monoisotopic (exact) mass is 489 g/mol. The Hall–Kier alpha value is -2.61. The van der Waals surface area contributed by atoms with Crippen LogP contribution in [0.4, 0.5) is 11.4 Å². The number of halogens is 2. The zero-order valence-electron chi connectivity index (χ0n) is 18.0. The average Bonchev–Trinajstić information content (AvgIpc) is 2.81. The number of nitrogens with zero attached hydrogens (tertiary/aromatic N) is 1. The summed E-state index contributed by atoms with van der Waals surface area (Å²) < 4.78 is 5.54. The van der Waals surface area contributed by atoms with Crippen LogP contribution in [-0.4, -0.2) is 44.0 Å². The number of benzene rings is 2. The zero-order chi connectivity index (χ0) is 23.4. The minimum absolute atomic E-state index is 0.00522. The van der Waals surface area contributed by atoms with Gasteiger partial charge < -0.3 is 20.3 Å². The molecule has 2 aromatic carbocycles. The SMILES string of the molecule is O=C(CCC(=O)N1CC(=O)Nc2ccccc21)NCC1(c2ccc(Cl)cc2Cl)CCOCC1. The molecule has 9 heteroatoms. The fourth-order valence-electron chi connectivity index (χ4n) is 4.39. The van der Waals surface area contributed by atoms with Crippen LogP contribution < -0.4 is 15.5 Å². The van der Waals surface area contributed by atoms with E-state index in [0.29, 0.717) is 54.0 Å². The lowest BCUT2D eigenvalue weighted by Gasteiger charge is -2.38. The lowest BCUT2D eigenvalue weighted by Crippen LogP contribution is -2.45. The van der Waals surface area contributed by atoms with Crippen LogP contribution in [0.5, 0.6) is 0 Å². The van der Waals surface area contributed by atoms with Crippen LogP contribution >= 0.6 is 23.2 Å². The summed E-state index contributed by atoms with van der Waals surface area (Å²) in [4.78, 5) is 38.8. The summed E-state index contributed by atoms with van der Waals surface area (Å²) in [6.07, 6.45) is 1.46. The molecule has 3 amide bonds. The molecular weight excluding hydrogens is 465 g/mol. The van der Waals surface area contributed by atoms with Crippen molar-refractivity contribution in [3.63, 3.8) is 0 Å². The first-order valence-electron chi connectivity index (χ1n) is 10.9. The number of anilines is 2. The molecule has 0 aromatic heterocycles. The van der Waals surface area contributed by atoms with Crippen molar-refractivity contribution >= 4 is 52.3 Å². The Balaban J connectivity index is 1.38. The van der Waals surface area contributed by atoms with E-state index in [0.717, 1.165) is 5.56 Å². The second-order valence-electron chi connectivity index (χ2n) is 8.34. The average molecular weight is 490 g/mol. The van der Waals surface area contributed by atoms with E-state index in [9.17, 15) is 14.4 Å². The first-order valence-corrected chi connectivity index (χ1v) is 11.6. The zero-order valence-corrected chi connectivity index (χ0v) is 19.5. The van der Waals surface area contributed by atoms with Gasteiger partial charge in [-0.05, 0) is 42.7 Å². The van der Waals surface area contributed by atoms with Crippen molar-refractivity contribution in [3.05, 3.63) is 58.1 Å². The molecule has 0 unspecified atom stereocenters. The summed E-state index contributed by atoms with van der Waals surface area (Å²) in [5.74, 6) is -0.754. The van der Waals surface area contributed by atoms with Crippen LogP contribution in [0.15, 0.2) is 42.5 Å². The van der Waals surface area contributed by atoms with E-state index in [2.05, 4.69) is 10.6 Å². The Morgan fingerprint density at radius 1 is 1.09 bits per heavy atom. The summed E-state index contributed by atoms with van der Waals surface area (Å²) in [6, 6.07) is 12.5. The van der Waals surface area contributed by atoms with Crippen molar-refractivity contribution in [3.8, 4) is 0 Å². The highest BCUT2D eigenvalue weighted by Gasteiger charge is 2.36. The Morgan fingerprint density at radius 3 is 2.61 bits per heavy atom. The number of carbonyl (C=O) groups excluding carboxylic acids is 3. The summed E-state index contributed by atoms with van der Waals surface area (Å²) in [7, 11) is 0. The molecule has 0 aliphatic carbocycles. The van der Waals surface area contributed by atoms with Crippen LogP contribution in [0.1, 0.15) is 31.2 Å². The third kappa shape index (κ3) is 5.32. The summed E-state index contributed by atoms with van der Waals surface area (Å²) >= 11 is 12.6. The number of hydrogen-bond acceptors (Lipinski definition) is 4. The molecule has 33 heavy (non-hydrogen) atoms. The predicted octanol–water partition coefficient (Wildman–Crippen LogP) is 3.92. The molecule has 2 aliphatic rings. The van der Waals surface area contributed by atoms with E-state index in [1.807, 2.05) is 6.07 Å². The fraction of sp³-hybridized carbons (Fsp3) is 0.375. The highest BCUT2D eigenvalue weighted by Crippen LogP contribution is 2.39. The van der Waals surface area contributed by atoms with Crippen molar-refractivity contribution in [1.29, 1.82) is 0 Å². The summed E-state index contributed by atoms with van der Waals surface area (Å²) in [5, 5.41) is 6.86. The molecule has 7 nitrogen and oxygen atoms in total. The number of nitrogens with one attached hydrogen (secondary N) is 2. The molecular formula is C24H25Cl2N3O4. The molecule has 1 saturated heterocycles. The van der Waals surface area contributed by atoms with Crippen molar-refractivity contribution < 1.29 is 19.1 Å². The molecule has 1 fully saturated rings. The van der Waals surface area contributed by atoms with E-state index in [4.69, 9.17) is 27.9 Å². The normalized spacial score (nSPS) is 17.2. The Kier molecular flexibility index (Phi) is 7.22. The maximum Gasteiger partial charge on any atom is 0.244 e. The fourth-order valence-corrected chi connectivity index (χ4v) is 5.00. The molecule has 0 atom stereocenters. The molecule has 0 bridgehead atoms. The second kappa shape index (κ2) is 10.1. The highest BCUT2D eigenvalue weighted by atomic mass is 35.5. The lowest BCUT2D eigenvalue weighted by atomic mass is 9.74. The highest BCUT2D eigenvalue weighted by molar-refractivity contribution is 6.35. The van der Waals surface area contributed by atoms with Gasteiger partial charge in [-0.15, -0.1) is 0 Å². The smallest absolute Gasteiger partial charge is 0.244 e. The molecule has 0 spiro atoms. The number of fused-ring (bicyclic) bond motifs is 1. The lowest BCUT2D eigenvalue weighted by molar-refractivity contribution is -0.126. The quantitative estimate of drug-likeness (QED) is 0.643. The van der Waals surface area contributed by atoms with Crippen LogP contribution in [-0.2, 0) is 24.5 Å². The van der Waals surface area contributed by atoms with Crippen molar-refractivity contribution in [2.45, 2.75) is 31.1 Å². The molecule has 174 valence electrons. The van der Waals surface area contributed by atoms with Crippen molar-refractivity contribution in [2.75, 3.05) is 36.5 Å². The van der Waals surface area contributed by atoms with Gasteiger partial charge >= 0.3 is 0 Å². The van der Waals surface area contributed by atoms with Gasteiger partial charge in [0.25, 0.3) is 0 Å². The second-order valence-corrected chi connectivity index (χ2v) is 9.18. The molecule has 4 rings (SSSR count). The first kappa shape index (κ1) is 23.5. The minimum atomic E-state index is -0.358. The van der Waals surface area contributed by atoms with Gasteiger partial charge in [0.1, 0.15) is 6.54 Å². The number of ether oxygens (including phenoxy) is 1. The standard InChI is InChI=1S/C24H25Cl2N3O4/c25-16-5-6-17(18(26)13-16)24(9-11-33-12-10-24)15-27-21(30)7-8-23(32)29-14-22(31)28-19-3-1-2-4-20(19)29/h1-6,13H,7-12,14-15H2,(H,27,30)(H,28,31). The molecule has 2 N–H and O–H groups in total. The van der Waals surface area contributed by atoms with Gasteiger partial charge in [-0.3, -0.25) is 14.4 Å². The molecule has 0 radical (unpaired) electrons. The van der Waals surface area contributed by atoms with Crippen LogP contribution in [0.3, 0.4) is 0 Å². The number of para-hydroxylation sites is 2. The summed E-state index contributed by atoms with van der Waals surface area (Å²) in [6.45, 7) is 1.48. The Bertz CT molecular complexity index is 1070. The van der Waals surface area contributed by atoms with Crippen LogP contribution in [0.2, 0.25) is 10.0 Å². The van der Waals surface area contributed by atoms with Gasteiger partial charge in [0, 0.05) is 48.1 Å². The van der Waals surface area contributed by atoms with Gasteiger partial charge in [0.05, 0.1) is 11.4 Å². The van der Waals surface area contributed by atoms with E-state index in [1.54, 1.807) is 36.4 Å². The van der Waals surface area contributed by atoms with E-state index in [-0.39, 0.29) is 42.5 Å². The maximum absolute atomic E-state index is 12.8. The summed E-state index contributed by atoms with van der Waals surface area (Å²) in [5.41, 5.74) is 1.81. The van der Waals surface area contributed by atoms with Gasteiger partial charge in [-0.2, -0.15) is 0 Å². The van der Waals surface area contributed by atoms with Gasteiger partial charge in [-0.1, -0.05) is 41.4 Å². The van der Waals surface area contributed by atoms with Gasteiger partial charge in [-0.25, -0.2) is 0 Å². The number of amides is 3.